The van der Waals surface area contributed by atoms with E-state index in [1.54, 1.807) is 47.4 Å². The Morgan fingerprint density at radius 2 is 1.73 bits per heavy atom. The van der Waals surface area contributed by atoms with Crippen LogP contribution in [0.15, 0.2) is 91.3 Å². The fraction of sp³-hybridized carbons (Fsp3) is 0.143. The number of hydrogen-bond donors (Lipinski definition) is 1. The number of benzene rings is 3. The summed E-state index contributed by atoms with van der Waals surface area (Å²) in [6.45, 7) is 0.264. The molecule has 1 N–H and O–H groups in total. The second kappa shape index (κ2) is 10.7. The first-order chi connectivity index (χ1) is 18.0. The lowest BCUT2D eigenvalue weighted by Crippen LogP contribution is -2.44. The molecule has 2 heterocycles. The molecular weight excluding hydrogens is 490 g/mol. The van der Waals surface area contributed by atoms with Crippen molar-refractivity contribution in [2.24, 2.45) is 0 Å². The molecule has 1 aliphatic heterocycles. The highest BCUT2D eigenvalue weighted by Gasteiger charge is 2.31. The minimum atomic E-state index is -0.395. The van der Waals surface area contributed by atoms with Gasteiger partial charge in [0.15, 0.2) is 0 Å². The molecule has 0 unspecified atom stereocenters. The van der Waals surface area contributed by atoms with E-state index in [9.17, 15) is 14.4 Å². The fourth-order valence-corrected chi connectivity index (χ4v) is 4.52. The topological polar surface area (TPSA) is 87.5 Å². The molecule has 1 aliphatic rings. The van der Waals surface area contributed by atoms with E-state index in [4.69, 9.17) is 11.6 Å². The summed E-state index contributed by atoms with van der Waals surface area (Å²) in [4.78, 5) is 42.4. The molecule has 3 amide bonds. The number of aromatic nitrogens is 2. The summed E-state index contributed by atoms with van der Waals surface area (Å²) in [5.74, 6) is -0.997. The van der Waals surface area contributed by atoms with Crippen molar-refractivity contribution in [3.63, 3.8) is 0 Å². The molecule has 186 valence electrons. The van der Waals surface area contributed by atoms with Crippen molar-refractivity contribution < 1.29 is 14.4 Å². The first-order valence-corrected chi connectivity index (χ1v) is 12.1. The quantitative estimate of drug-likeness (QED) is 0.424. The lowest BCUT2D eigenvalue weighted by Gasteiger charge is -2.23. The summed E-state index contributed by atoms with van der Waals surface area (Å²) >= 11 is 6.51. The Kier molecular flexibility index (Phi) is 7.00. The molecule has 5 rings (SSSR count). The van der Waals surface area contributed by atoms with Gasteiger partial charge in [0.25, 0.3) is 5.91 Å². The zero-order valence-electron chi connectivity index (χ0n) is 19.9. The summed E-state index contributed by atoms with van der Waals surface area (Å²) in [6, 6.07) is 23.7. The maximum absolute atomic E-state index is 13.6. The Balaban J connectivity index is 1.35. The van der Waals surface area contributed by atoms with Crippen LogP contribution in [-0.4, -0.2) is 45.5 Å². The molecule has 37 heavy (non-hydrogen) atoms. The Morgan fingerprint density at radius 3 is 2.49 bits per heavy atom. The zero-order valence-corrected chi connectivity index (χ0v) is 20.6. The number of fused-ring (bicyclic) bond motifs is 1. The normalized spacial score (nSPS) is 13.2. The molecular formula is C28H24ClN5O3. The van der Waals surface area contributed by atoms with Crippen molar-refractivity contribution in [2.45, 2.75) is 13.1 Å². The van der Waals surface area contributed by atoms with Gasteiger partial charge in [-0.05, 0) is 41.5 Å². The number of amides is 3. The van der Waals surface area contributed by atoms with Crippen LogP contribution < -0.4 is 10.2 Å². The number of para-hydroxylation sites is 1. The van der Waals surface area contributed by atoms with Crippen LogP contribution in [0.25, 0.3) is 5.69 Å². The van der Waals surface area contributed by atoms with E-state index < -0.39 is 5.91 Å². The van der Waals surface area contributed by atoms with Gasteiger partial charge in [0.05, 0.1) is 22.8 Å². The maximum Gasteiger partial charge on any atom is 0.260 e. The summed E-state index contributed by atoms with van der Waals surface area (Å²) in [5, 5.41) is 7.30. The standard InChI is InChI=1S/C28H24ClN5O3/c29-24-15-22(34-14-6-13-31-34)11-12-23(24)28(37)33-19-27(36)32(17-21-9-4-5-10-25(21)33)18-26(35)30-16-20-7-2-1-3-8-20/h1-15H,16-19H2,(H,30,35). The molecule has 0 saturated carbocycles. The number of rotatable bonds is 6. The number of anilines is 1. The van der Waals surface area contributed by atoms with Crippen molar-refractivity contribution in [1.29, 1.82) is 0 Å². The van der Waals surface area contributed by atoms with E-state index in [1.807, 2.05) is 48.5 Å². The van der Waals surface area contributed by atoms with E-state index in [0.29, 0.717) is 17.9 Å². The van der Waals surface area contributed by atoms with E-state index in [2.05, 4.69) is 10.4 Å². The van der Waals surface area contributed by atoms with Crippen LogP contribution in [0.5, 0.6) is 0 Å². The molecule has 0 radical (unpaired) electrons. The van der Waals surface area contributed by atoms with Gasteiger partial charge in [-0.15, -0.1) is 0 Å². The van der Waals surface area contributed by atoms with Gasteiger partial charge in [-0.1, -0.05) is 60.1 Å². The molecule has 3 aromatic carbocycles. The highest BCUT2D eigenvalue weighted by molar-refractivity contribution is 6.35. The zero-order chi connectivity index (χ0) is 25.8. The minimum Gasteiger partial charge on any atom is -0.350 e. The fourth-order valence-electron chi connectivity index (χ4n) is 4.26. The minimum absolute atomic E-state index is 0.110. The Morgan fingerprint density at radius 1 is 0.946 bits per heavy atom. The lowest BCUT2D eigenvalue weighted by molar-refractivity contribution is -0.135. The summed E-state index contributed by atoms with van der Waals surface area (Å²) in [6.07, 6.45) is 3.43. The van der Waals surface area contributed by atoms with Crippen molar-refractivity contribution >= 4 is 35.0 Å². The van der Waals surface area contributed by atoms with Crippen LogP contribution in [0.3, 0.4) is 0 Å². The Hall–Kier alpha value is -4.43. The van der Waals surface area contributed by atoms with Crippen molar-refractivity contribution in [3.05, 3.63) is 113 Å². The number of nitrogens with one attached hydrogen (secondary N) is 1. The van der Waals surface area contributed by atoms with Crippen LogP contribution in [-0.2, 0) is 22.7 Å². The maximum atomic E-state index is 13.6. The van der Waals surface area contributed by atoms with Gasteiger partial charge in [-0.25, -0.2) is 4.68 Å². The third-order valence-electron chi connectivity index (χ3n) is 6.15. The molecule has 1 aromatic heterocycles. The predicted octanol–water partition coefficient (Wildman–Crippen LogP) is 3.83. The van der Waals surface area contributed by atoms with Gasteiger partial charge in [0.1, 0.15) is 6.54 Å². The lowest BCUT2D eigenvalue weighted by atomic mass is 10.1. The number of carbonyl (C=O) groups is 3. The van der Waals surface area contributed by atoms with Gasteiger partial charge >= 0.3 is 0 Å². The average Bonchev–Trinajstić information content (AvgIpc) is 3.41. The summed E-state index contributed by atoms with van der Waals surface area (Å²) in [7, 11) is 0. The van der Waals surface area contributed by atoms with Gasteiger partial charge in [0, 0.05) is 31.2 Å². The van der Waals surface area contributed by atoms with E-state index in [1.165, 1.54) is 9.80 Å². The number of carbonyl (C=O) groups excluding carboxylic acids is 3. The highest BCUT2D eigenvalue weighted by Crippen LogP contribution is 2.29. The third-order valence-corrected chi connectivity index (χ3v) is 6.47. The third kappa shape index (κ3) is 5.39. The second-order valence-electron chi connectivity index (χ2n) is 8.65. The van der Waals surface area contributed by atoms with Crippen molar-refractivity contribution in [3.8, 4) is 5.69 Å². The molecule has 0 aliphatic carbocycles. The van der Waals surface area contributed by atoms with Crippen LogP contribution >= 0.6 is 11.6 Å². The van der Waals surface area contributed by atoms with Crippen molar-refractivity contribution in [2.75, 3.05) is 18.0 Å². The monoisotopic (exact) mass is 513 g/mol. The molecule has 9 heteroatoms. The van der Waals surface area contributed by atoms with E-state index in [0.717, 1.165) is 11.1 Å². The number of hydrogen-bond acceptors (Lipinski definition) is 4. The number of halogens is 1. The SMILES string of the molecule is O=C(CN1Cc2ccccc2N(C(=O)c2ccc(-n3cccn3)cc2Cl)CC1=O)NCc1ccccc1. The van der Waals surface area contributed by atoms with Crippen LogP contribution in [0.2, 0.25) is 5.02 Å². The second-order valence-corrected chi connectivity index (χ2v) is 9.05. The van der Waals surface area contributed by atoms with Gasteiger partial charge in [-0.3, -0.25) is 19.3 Å². The Bertz CT molecular complexity index is 1440. The largest absolute Gasteiger partial charge is 0.350 e. The molecule has 0 bridgehead atoms. The number of nitrogens with zero attached hydrogens (tertiary/aromatic N) is 4. The first kappa shape index (κ1) is 24.3. The molecule has 0 spiro atoms. The van der Waals surface area contributed by atoms with Gasteiger partial charge in [-0.2, -0.15) is 5.10 Å². The van der Waals surface area contributed by atoms with E-state index in [-0.39, 0.29) is 42.0 Å². The van der Waals surface area contributed by atoms with Crippen LogP contribution in [0.1, 0.15) is 21.5 Å². The Labute approximate surface area is 219 Å². The van der Waals surface area contributed by atoms with E-state index >= 15 is 0 Å². The van der Waals surface area contributed by atoms with Crippen LogP contribution in [0, 0.1) is 0 Å². The van der Waals surface area contributed by atoms with Crippen molar-refractivity contribution in [1.82, 2.24) is 20.0 Å². The van der Waals surface area contributed by atoms with Crippen LogP contribution in [0.4, 0.5) is 5.69 Å². The summed E-state index contributed by atoms with van der Waals surface area (Å²) < 4.78 is 1.64. The predicted molar refractivity (Wildman–Crippen MR) is 140 cm³/mol. The average molecular weight is 514 g/mol. The highest BCUT2D eigenvalue weighted by atomic mass is 35.5. The molecule has 0 saturated heterocycles. The molecule has 8 nitrogen and oxygen atoms in total. The molecule has 0 atom stereocenters. The van der Waals surface area contributed by atoms with Gasteiger partial charge < -0.3 is 10.2 Å². The van der Waals surface area contributed by atoms with Gasteiger partial charge in [0.2, 0.25) is 11.8 Å². The summed E-state index contributed by atoms with van der Waals surface area (Å²) in [5.41, 5.74) is 3.33. The first-order valence-electron chi connectivity index (χ1n) is 11.8. The smallest absolute Gasteiger partial charge is 0.260 e. The molecule has 0 fully saturated rings. The molecule has 4 aromatic rings.